The number of alkyl halides is 1. The standard InChI is InChI=1S/C13H13INO/c1-14-15-11-6-5-9-13(10-11)16-12-7-3-2-4-8-12/h2-10,15H,1H3/q-1. The van der Waals surface area contributed by atoms with Gasteiger partial charge >= 0.3 is 106 Å². The van der Waals surface area contributed by atoms with E-state index in [1.165, 1.54) is 0 Å². The number of nitrogens with one attached hydrogen (secondary N) is 1. The van der Waals surface area contributed by atoms with E-state index in [-0.39, 0.29) is 21.5 Å². The summed E-state index contributed by atoms with van der Waals surface area (Å²) in [7, 11) is 0. The van der Waals surface area contributed by atoms with E-state index in [0.29, 0.717) is 0 Å². The van der Waals surface area contributed by atoms with Crippen LogP contribution in [0.3, 0.4) is 0 Å². The summed E-state index contributed by atoms with van der Waals surface area (Å²) in [5.74, 6) is 1.74. The summed E-state index contributed by atoms with van der Waals surface area (Å²) in [6, 6.07) is 17.9. The van der Waals surface area contributed by atoms with Gasteiger partial charge in [0.25, 0.3) is 0 Å². The number of anilines is 1. The van der Waals surface area contributed by atoms with Crippen molar-refractivity contribution in [2.24, 2.45) is 0 Å². The molecule has 2 aromatic carbocycles. The Morgan fingerprint density at radius 1 is 0.938 bits per heavy atom. The van der Waals surface area contributed by atoms with Gasteiger partial charge in [0.1, 0.15) is 0 Å². The van der Waals surface area contributed by atoms with Crippen LogP contribution in [0.15, 0.2) is 54.6 Å². The molecule has 0 aliphatic heterocycles. The molecule has 0 heterocycles. The molecule has 0 aromatic heterocycles. The fourth-order valence-electron chi connectivity index (χ4n) is 1.35. The molecule has 0 saturated carbocycles. The van der Waals surface area contributed by atoms with Crippen LogP contribution >= 0.6 is 0 Å². The van der Waals surface area contributed by atoms with Gasteiger partial charge in [0.15, 0.2) is 0 Å². The van der Waals surface area contributed by atoms with E-state index in [4.69, 9.17) is 4.74 Å². The van der Waals surface area contributed by atoms with Crippen LogP contribution < -0.4 is 29.7 Å². The Balaban J connectivity index is 2.12. The van der Waals surface area contributed by atoms with Crippen LogP contribution in [-0.2, 0) is 0 Å². The van der Waals surface area contributed by atoms with Crippen molar-refractivity contribution in [3.05, 3.63) is 54.6 Å². The summed E-state index contributed by atoms with van der Waals surface area (Å²) in [5.41, 5.74) is 1.13. The first-order valence-corrected chi connectivity index (χ1v) is 8.19. The monoisotopic (exact) mass is 326 g/mol. The van der Waals surface area contributed by atoms with E-state index >= 15 is 0 Å². The Hall–Kier alpha value is -1.23. The van der Waals surface area contributed by atoms with Crippen molar-refractivity contribution in [2.75, 3.05) is 8.46 Å². The van der Waals surface area contributed by atoms with E-state index < -0.39 is 0 Å². The molecule has 2 aromatic rings. The molecular formula is C13H13INO-. The summed E-state index contributed by atoms with van der Waals surface area (Å²) in [5, 5.41) is 0. The van der Waals surface area contributed by atoms with Crippen molar-refractivity contribution in [3.8, 4) is 11.5 Å². The Labute approximate surface area is 106 Å². The first-order valence-electron chi connectivity index (χ1n) is 4.96. The average molecular weight is 326 g/mol. The molecular weight excluding hydrogens is 313 g/mol. The molecule has 0 bridgehead atoms. The van der Waals surface area contributed by atoms with Crippen molar-refractivity contribution >= 4 is 5.69 Å². The number of rotatable bonds is 4. The number of para-hydroxylation sites is 1. The molecule has 0 saturated heterocycles. The molecule has 0 spiro atoms. The predicted octanol–water partition coefficient (Wildman–Crippen LogP) is 0.525. The fraction of sp³-hybridized carbons (Fsp3) is 0.0769. The maximum absolute atomic E-state index is 5.74. The van der Waals surface area contributed by atoms with Crippen LogP contribution in [0, 0.1) is 0 Å². The van der Waals surface area contributed by atoms with Crippen LogP contribution in [0.2, 0.25) is 0 Å². The minimum absolute atomic E-state index is 0.0500. The van der Waals surface area contributed by atoms with Gasteiger partial charge in [0, 0.05) is 0 Å². The van der Waals surface area contributed by atoms with Gasteiger partial charge in [-0.1, -0.05) is 0 Å². The molecule has 0 aliphatic carbocycles. The second-order valence-corrected chi connectivity index (χ2v) is 4.84. The van der Waals surface area contributed by atoms with Crippen LogP contribution in [0.1, 0.15) is 0 Å². The van der Waals surface area contributed by atoms with Gasteiger partial charge in [-0.05, 0) is 0 Å². The third-order valence-electron chi connectivity index (χ3n) is 2.02. The van der Waals surface area contributed by atoms with E-state index in [9.17, 15) is 0 Å². The molecule has 1 N–H and O–H groups in total. The zero-order valence-corrected chi connectivity index (χ0v) is 11.1. The summed E-state index contributed by atoms with van der Waals surface area (Å²) in [6.45, 7) is 0. The van der Waals surface area contributed by atoms with Crippen LogP contribution in [0.5, 0.6) is 11.5 Å². The van der Waals surface area contributed by atoms with Crippen molar-refractivity contribution in [3.63, 3.8) is 0 Å². The normalized spacial score (nSPS) is 10.1. The van der Waals surface area contributed by atoms with Gasteiger partial charge in [0.2, 0.25) is 0 Å². The number of benzene rings is 2. The topological polar surface area (TPSA) is 21.3 Å². The van der Waals surface area contributed by atoms with Gasteiger partial charge in [-0.3, -0.25) is 0 Å². The zero-order chi connectivity index (χ0) is 11.2. The Bertz CT molecular complexity index is 445. The predicted molar refractivity (Wildman–Crippen MR) is 62.5 cm³/mol. The molecule has 3 heteroatoms. The molecule has 16 heavy (non-hydrogen) atoms. The van der Waals surface area contributed by atoms with E-state index in [2.05, 4.69) is 14.5 Å². The number of halogens is 1. The molecule has 0 radical (unpaired) electrons. The third-order valence-corrected chi connectivity index (χ3v) is 3.18. The molecule has 2 nitrogen and oxygen atoms in total. The maximum atomic E-state index is 5.74. The first-order chi connectivity index (χ1) is 7.88. The van der Waals surface area contributed by atoms with Gasteiger partial charge in [0.05, 0.1) is 0 Å². The average Bonchev–Trinajstić information content (AvgIpc) is 2.31. The van der Waals surface area contributed by atoms with E-state index in [1.54, 1.807) is 0 Å². The number of hydrogen-bond donors (Lipinski definition) is 1. The van der Waals surface area contributed by atoms with Crippen LogP contribution in [0.25, 0.3) is 0 Å². The van der Waals surface area contributed by atoms with E-state index in [0.717, 1.165) is 17.2 Å². The molecule has 2 rings (SSSR count). The number of ether oxygens (including phenoxy) is 1. The van der Waals surface area contributed by atoms with Crippen molar-refractivity contribution < 1.29 is 26.2 Å². The minimum atomic E-state index is 0.0500. The second kappa shape index (κ2) is 5.75. The molecule has 0 amide bonds. The summed E-state index contributed by atoms with van der Waals surface area (Å²) in [6.07, 6.45) is 0. The molecule has 0 atom stereocenters. The summed E-state index contributed by atoms with van der Waals surface area (Å²) < 4.78 is 9.10. The summed E-state index contributed by atoms with van der Waals surface area (Å²) in [4.78, 5) is 2.18. The van der Waals surface area contributed by atoms with Crippen LogP contribution in [-0.4, -0.2) is 4.93 Å². The molecule has 84 valence electrons. The van der Waals surface area contributed by atoms with Gasteiger partial charge in [-0.25, -0.2) is 0 Å². The quantitative estimate of drug-likeness (QED) is 0.503. The van der Waals surface area contributed by atoms with Crippen molar-refractivity contribution in [2.45, 2.75) is 0 Å². The van der Waals surface area contributed by atoms with E-state index in [1.807, 2.05) is 48.5 Å². The zero-order valence-electron chi connectivity index (χ0n) is 8.98. The first kappa shape index (κ1) is 11.3. The van der Waals surface area contributed by atoms with Crippen molar-refractivity contribution in [1.29, 1.82) is 0 Å². The second-order valence-electron chi connectivity index (χ2n) is 3.23. The Kier molecular flexibility index (Phi) is 4.04. The van der Waals surface area contributed by atoms with Gasteiger partial charge in [-0.15, -0.1) is 0 Å². The van der Waals surface area contributed by atoms with Crippen LogP contribution in [0.4, 0.5) is 5.69 Å². The summed E-state index contributed by atoms with van der Waals surface area (Å²) >= 11 is 0.0500. The van der Waals surface area contributed by atoms with Gasteiger partial charge in [-0.2, -0.15) is 0 Å². The Morgan fingerprint density at radius 3 is 2.44 bits per heavy atom. The van der Waals surface area contributed by atoms with Crippen molar-refractivity contribution in [1.82, 2.24) is 0 Å². The Morgan fingerprint density at radius 2 is 1.69 bits per heavy atom. The third kappa shape index (κ3) is 3.13. The van der Waals surface area contributed by atoms with Gasteiger partial charge < -0.3 is 0 Å². The SMILES string of the molecule is C[I-]Nc1cccc(Oc2ccccc2)c1. The fourth-order valence-corrected chi connectivity index (χ4v) is 2.31. The molecule has 0 fully saturated rings. The molecule has 0 aliphatic rings. The number of hydrogen-bond acceptors (Lipinski definition) is 2. The molecule has 0 unspecified atom stereocenters.